The zero-order valence-electron chi connectivity index (χ0n) is 7.13. The fraction of sp³-hybridized carbons (Fsp3) is 0.333. The lowest BCUT2D eigenvalue weighted by atomic mass is 10.3. The van der Waals surface area contributed by atoms with Crippen molar-refractivity contribution in [3.63, 3.8) is 0 Å². The molecule has 1 rings (SSSR count). The lowest BCUT2D eigenvalue weighted by Crippen LogP contribution is -2.34. The highest BCUT2D eigenvalue weighted by molar-refractivity contribution is 5.40. The third kappa shape index (κ3) is 2.02. The van der Waals surface area contributed by atoms with Gasteiger partial charge in [0, 0.05) is 12.1 Å². The highest BCUT2D eigenvalue weighted by Crippen LogP contribution is 2.15. The lowest BCUT2D eigenvalue weighted by molar-refractivity contribution is 0.485. The Morgan fingerprint density at radius 3 is 1.82 bits per heavy atom. The molecule has 0 spiro atoms. The molecule has 0 aliphatic heterocycles. The number of rotatable bonds is 1. The highest BCUT2D eigenvalue weighted by Gasteiger charge is 2.10. The van der Waals surface area contributed by atoms with Crippen LogP contribution in [0, 0.1) is 5.82 Å². The summed E-state index contributed by atoms with van der Waals surface area (Å²) in [5, 5.41) is 0. The Morgan fingerprint density at radius 2 is 1.45 bits per heavy atom. The van der Waals surface area contributed by atoms with Crippen molar-refractivity contribution in [3.05, 3.63) is 30.1 Å². The molecule has 1 nitrogen and oxygen atoms in total. The van der Waals surface area contributed by atoms with E-state index in [0.717, 1.165) is 10.2 Å². The van der Waals surface area contributed by atoms with Crippen LogP contribution in [0.25, 0.3) is 0 Å². The number of benzene rings is 1. The van der Waals surface area contributed by atoms with Gasteiger partial charge in [0.05, 0.1) is 21.1 Å². The normalized spacial score (nSPS) is 11.6. The van der Waals surface area contributed by atoms with Crippen LogP contribution in [0.5, 0.6) is 0 Å². The molecule has 60 valence electrons. The molecule has 0 bridgehead atoms. The molecule has 0 N–H and O–H groups in total. The number of hydrogen-bond donors (Lipinski definition) is 0. The number of hydrogen-bond acceptors (Lipinski definition) is 0. The van der Waals surface area contributed by atoms with E-state index in [1.165, 1.54) is 12.1 Å². The molecule has 0 aliphatic carbocycles. The van der Waals surface area contributed by atoms with E-state index in [4.69, 9.17) is 0 Å². The van der Waals surface area contributed by atoms with E-state index in [1.54, 1.807) is 12.1 Å². The molecule has 0 saturated heterocycles. The third-order valence-electron chi connectivity index (χ3n) is 1.60. The summed E-state index contributed by atoms with van der Waals surface area (Å²) in [5.41, 5.74) is 1.10. The first kappa shape index (κ1) is 8.21. The zero-order valence-corrected chi connectivity index (χ0v) is 7.13. The quantitative estimate of drug-likeness (QED) is 0.543. The fourth-order valence-electron chi connectivity index (χ4n) is 0.888. The average molecular weight is 154 g/mol. The van der Waals surface area contributed by atoms with Gasteiger partial charge in [0.15, 0.2) is 0 Å². The predicted octanol–water partition coefficient (Wildman–Crippen LogP) is 2.02. The summed E-state index contributed by atoms with van der Waals surface area (Å²) in [5.74, 6) is -0.179. The molecule has 0 radical (unpaired) electrons. The maximum Gasteiger partial charge on any atom is 0.132 e. The first-order valence-corrected chi connectivity index (χ1v) is 3.58. The molecule has 1 aromatic carbocycles. The van der Waals surface area contributed by atoms with Gasteiger partial charge in [-0.05, 0) is 12.1 Å². The van der Waals surface area contributed by atoms with Gasteiger partial charge in [-0.25, -0.2) is 4.39 Å². The van der Waals surface area contributed by atoms with E-state index >= 15 is 0 Å². The molecular weight excluding hydrogens is 141 g/mol. The summed E-state index contributed by atoms with van der Waals surface area (Å²) in [6.07, 6.45) is 0. The molecule has 0 unspecified atom stereocenters. The molecule has 0 heterocycles. The summed E-state index contributed by atoms with van der Waals surface area (Å²) in [7, 11) is 6.15. The van der Waals surface area contributed by atoms with E-state index in [2.05, 4.69) is 0 Å². The Hall–Kier alpha value is -0.890. The summed E-state index contributed by atoms with van der Waals surface area (Å²) in [4.78, 5) is 0. The predicted molar refractivity (Wildman–Crippen MR) is 46.0 cm³/mol. The van der Waals surface area contributed by atoms with Gasteiger partial charge in [-0.1, -0.05) is 0 Å². The molecule has 11 heavy (non-hydrogen) atoms. The van der Waals surface area contributed by atoms with Crippen molar-refractivity contribution >= 4 is 5.69 Å². The molecule has 2 heteroatoms. The minimum atomic E-state index is -0.179. The van der Waals surface area contributed by atoms with E-state index in [-0.39, 0.29) is 5.82 Å². The topological polar surface area (TPSA) is 0 Å². The van der Waals surface area contributed by atoms with Crippen LogP contribution in [0.4, 0.5) is 10.1 Å². The Morgan fingerprint density at radius 1 is 1.00 bits per heavy atom. The van der Waals surface area contributed by atoms with Crippen LogP contribution in [0.2, 0.25) is 0 Å². The molecule has 1 aromatic rings. The minimum Gasteiger partial charge on any atom is -0.298 e. The van der Waals surface area contributed by atoms with Crippen LogP contribution in [-0.2, 0) is 0 Å². The van der Waals surface area contributed by atoms with Crippen LogP contribution in [0.15, 0.2) is 24.3 Å². The summed E-state index contributed by atoms with van der Waals surface area (Å²) >= 11 is 0. The number of nitrogens with zero attached hydrogens (tertiary/aromatic N) is 1. The Bertz CT molecular complexity index is 233. The Balaban J connectivity index is 2.99. The van der Waals surface area contributed by atoms with Crippen LogP contribution >= 0.6 is 0 Å². The third-order valence-corrected chi connectivity index (χ3v) is 1.60. The lowest BCUT2D eigenvalue weighted by Gasteiger charge is -2.22. The van der Waals surface area contributed by atoms with Crippen molar-refractivity contribution < 1.29 is 4.39 Å². The van der Waals surface area contributed by atoms with Gasteiger partial charge in [-0.15, -0.1) is 0 Å². The second kappa shape index (κ2) is 2.62. The van der Waals surface area contributed by atoms with Gasteiger partial charge in [0.1, 0.15) is 11.5 Å². The van der Waals surface area contributed by atoms with Gasteiger partial charge >= 0.3 is 0 Å². The van der Waals surface area contributed by atoms with Crippen LogP contribution in [-0.4, -0.2) is 21.1 Å². The van der Waals surface area contributed by atoms with Gasteiger partial charge in [-0.3, -0.25) is 4.48 Å². The molecule has 0 aliphatic rings. The highest BCUT2D eigenvalue weighted by atomic mass is 19.1. The maximum atomic E-state index is 12.5. The van der Waals surface area contributed by atoms with Gasteiger partial charge in [0.2, 0.25) is 0 Å². The maximum absolute atomic E-state index is 12.5. The number of quaternary nitrogens is 1. The molecule has 0 atom stereocenters. The van der Waals surface area contributed by atoms with Crippen molar-refractivity contribution in [2.75, 3.05) is 21.1 Å². The van der Waals surface area contributed by atoms with E-state index in [1.807, 2.05) is 21.1 Å². The Kier molecular flexibility index (Phi) is 1.96. The van der Waals surface area contributed by atoms with Crippen LogP contribution in [0.3, 0.4) is 0 Å². The van der Waals surface area contributed by atoms with Crippen molar-refractivity contribution in [2.24, 2.45) is 0 Å². The molecule has 0 saturated carbocycles. The summed E-state index contributed by atoms with van der Waals surface area (Å²) < 4.78 is 13.2. The smallest absolute Gasteiger partial charge is 0.132 e. The summed E-state index contributed by atoms with van der Waals surface area (Å²) in [6, 6.07) is 6.57. The van der Waals surface area contributed by atoms with Gasteiger partial charge in [-0.2, -0.15) is 0 Å². The van der Waals surface area contributed by atoms with Crippen LogP contribution in [0.1, 0.15) is 0 Å². The summed E-state index contributed by atoms with van der Waals surface area (Å²) in [6.45, 7) is 0. The van der Waals surface area contributed by atoms with E-state index in [9.17, 15) is 4.39 Å². The molecule has 0 amide bonds. The Labute approximate surface area is 66.7 Å². The second-order valence-electron chi connectivity index (χ2n) is 3.49. The zero-order chi connectivity index (χ0) is 8.48. The molecule has 0 fully saturated rings. The first-order chi connectivity index (χ1) is 5.00. The molecule has 0 aromatic heterocycles. The second-order valence-corrected chi connectivity index (χ2v) is 3.49. The average Bonchev–Trinajstić information content (AvgIpc) is 1.86. The van der Waals surface area contributed by atoms with Gasteiger partial charge in [0.25, 0.3) is 0 Å². The number of halogens is 1. The fourth-order valence-corrected chi connectivity index (χ4v) is 0.888. The van der Waals surface area contributed by atoms with E-state index in [0.29, 0.717) is 0 Å². The standard InChI is InChI=1S/C9H13FN/c1-11(2,3)9-6-4-8(10)5-7-9/h4-7H,1-3H3/q+1. The molecular formula is C9H13FN+. The monoisotopic (exact) mass is 154 g/mol. The SMILES string of the molecule is C[N+](C)(C)c1ccc(F)cc1. The van der Waals surface area contributed by atoms with Crippen LogP contribution < -0.4 is 4.48 Å². The van der Waals surface area contributed by atoms with E-state index < -0.39 is 0 Å². The van der Waals surface area contributed by atoms with Crippen molar-refractivity contribution in [1.29, 1.82) is 0 Å². The first-order valence-electron chi connectivity index (χ1n) is 3.58. The van der Waals surface area contributed by atoms with Crippen molar-refractivity contribution in [1.82, 2.24) is 4.48 Å². The van der Waals surface area contributed by atoms with Crippen molar-refractivity contribution in [3.8, 4) is 0 Å². The van der Waals surface area contributed by atoms with Gasteiger partial charge < -0.3 is 0 Å². The largest absolute Gasteiger partial charge is 0.298 e. The van der Waals surface area contributed by atoms with Crippen molar-refractivity contribution in [2.45, 2.75) is 0 Å². The minimum absolute atomic E-state index is 0.179.